The Hall–Kier alpha value is -5.11. The Balaban J connectivity index is 1.53. The molecule has 0 bridgehead atoms. The van der Waals surface area contributed by atoms with E-state index in [4.69, 9.17) is 9.97 Å². The zero-order valence-corrected chi connectivity index (χ0v) is 23.6. The van der Waals surface area contributed by atoms with Gasteiger partial charge in [-0.2, -0.15) is 0 Å². The molecule has 1 heterocycles. The highest BCUT2D eigenvalue weighted by atomic mass is 31.2. The summed E-state index contributed by atoms with van der Waals surface area (Å²) in [6.45, 7) is 0. The first-order valence-corrected chi connectivity index (χ1v) is 15.7. The first kappa shape index (κ1) is 24.7. The van der Waals surface area contributed by atoms with E-state index in [2.05, 4.69) is 54.6 Å². The lowest BCUT2D eigenvalue weighted by atomic mass is 9.92. The van der Waals surface area contributed by atoms with E-state index in [1.54, 1.807) is 0 Å². The van der Waals surface area contributed by atoms with Gasteiger partial charge >= 0.3 is 0 Å². The fraction of sp³-hybridized carbons (Fsp3) is 0. The molecule has 7 aromatic carbocycles. The highest BCUT2D eigenvalue weighted by Gasteiger charge is 2.33. The van der Waals surface area contributed by atoms with Gasteiger partial charge in [-0.3, -0.25) is 0 Å². The number of benzene rings is 7. The fourth-order valence-corrected chi connectivity index (χ4v) is 9.04. The third-order valence-corrected chi connectivity index (χ3v) is 11.2. The van der Waals surface area contributed by atoms with Crippen molar-refractivity contribution in [2.45, 2.75) is 0 Å². The number of nitrogens with zero attached hydrogens (tertiary/aromatic N) is 2. The van der Waals surface area contributed by atoms with Gasteiger partial charge in [0.15, 0.2) is 13.0 Å². The van der Waals surface area contributed by atoms with Crippen molar-refractivity contribution in [3.05, 3.63) is 152 Å². The second-order valence-electron chi connectivity index (χ2n) is 10.5. The first-order chi connectivity index (χ1) is 20.7. The van der Waals surface area contributed by atoms with Crippen molar-refractivity contribution in [3.8, 4) is 22.5 Å². The molecule has 0 aliphatic heterocycles. The number of hydrogen-bond acceptors (Lipinski definition) is 3. The van der Waals surface area contributed by atoms with Crippen molar-refractivity contribution in [3.63, 3.8) is 0 Å². The quantitative estimate of drug-likeness (QED) is 0.158. The van der Waals surface area contributed by atoms with Gasteiger partial charge in [0.05, 0.1) is 11.0 Å². The molecule has 0 radical (unpaired) electrons. The van der Waals surface area contributed by atoms with E-state index < -0.39 is 7.14 Å². The summed E-state index contributed by atoms with van der Waals surface area (Å²) < 4.78 is 15.8. The van der Waals surface area contributed by atoms with Crippen LogP contribution in [-0.2, 0) is 4.57 Å². The normalized spacial score (nSPS) is 11.9. The lowest BCUT2D eigenvalue weighted by Crippen LogP contribution is -2.26. The molecular formula is C38H25N2OP. The van der Waals surface area contributed by atoms with Crippen molar-refractivity contribution in [2.24, 2.45) is 0 Å². The number of hydrogen-bond donors (Lipinski definition) is 0. The predicted octanol–water partition coefficient (Wildman–Crippen LogP) is 8.35. The van der Waals surface area contributed by atoms with Gasteiger partial charge in [0.25, 0.3) is 0 Å². The summed E-state index contributed by atoms with van der Waals surface area (Å²) in [7, 11) is -3.28. The van der Waals surface area contributed by atoms with Crippen LogP contribution in [0.5, 0.6) is 0 Å². The van der Waals surface area contributed by atoms with Crippen LogP contribution in [0.15, 0.2) is 152 Å². The predicted molar refractivity (Wildman–Crippen MR) is 176 cm³/mol. The second kappa shape index (κ2) is 9.76. The highest BCUT2D eigenvalue weighted by molar-refractivity contribution is 7.85. The van der Waals surface area contributed by atoms with E-state index in [1.165, 1.54) is 0 Å². The molecule has 0 amide bonds. The molecule has 4 heteroatoms. The highest BCUT2D eigenvalue weighted by Crippen LogP contribution is 2.48. The Labute approximate surface area is 243 Å². The van der Waals surface area contributed by atoms with E-state index in [9.17, 15) is 0 Å². The Morgan fingerprint density at radius 3 is 1.48 bits per heavy atom. The van der Waals surface area contributed by atoms with E-state index in [1.807, 2.05) is 97.1 Å². The van der Waals surface area contributed by atoms with Gasteiger partial charge in [-0.15, -0.1) is 0 Å². The molecular weight excluding hydrogens is 531 g/mol. The van der Waals surface area contributed by atoms with Gasteiger partial charge in [0.2, 0.25) is 0 Å². The monoisotopic (exact) mass is 556 g/mol. The standard InChI is InChI=1S/C38H25N2OP/c41-42(28-17-9-3-10-18-28,29-19-11-4-12-20-29)35-25-32(26-13-5-1-6-14-26)30-21-23-33-37-34(24-22-31(35)36(30)37)40-38(39-33)27-15-7-2-8-16-27/h1-25H. The molecule has 8 aromatic rings. The SMILES string of the molecule is O=P(c1ccccc1)(c1ccccc1)c1cc(-c2ccccc2)c2ccc3nc(-c4ccccc4)nc4ccc1c2c34. The molecule has 0 N–H and O–H groups in total. The van der Waals surface area contributed by atoms with Crippen LogP contribution in [-0.4, -0.2) is 9.97 Å². The molecule has 0 aliphatic rings. The summed E-state index contributed by atoms with van der Waals surface area (Å²) in [5.74, 6) is 0.698. The second-order valence-corrected chi connectivity index (χ2v) is 13.3. The summed E-state index contributed by atoms with van der Waals surface area (Å²) in [6, 6.07) is 50.8. The van der Waals surface area contributed by atoms with Gasteiger partial charge in [0, 0.05) is 32.2 Å². The van der Waals surface area contributed by atoms with Crippen LogP contribution in [0.25, 0.3) is 55.1 Å². The molecule has 0 aliphatic carbocycles. The summed E-state index contributed by atoms with van der Waals surface area (Å²) in [5.41, 5.74) is 4.86. The van der Waals surface area contributed by atoms with Crippen molar-refractivity contribution in [1.82, 2.24) is 9.97 Å². The van der Waals surface area contributed by atoms with Gasteiger partial charge in [-0.1, -0.05) is 133 Å². The minimum Gasteiger partial charge on any atom is -0.309 e. The number of rotatable bonds is 5. The van der Waals surface area contributed by atoms with Crippen molar-refractivity contribution in [2.75, 3.05) is 0 Å². The molecule has 42 heavy (non-hydrogen) atoms. The Bertz CT molecular complexity index is 2190. The van der Waals surface area contributed by atoms with Gasteiger partial charge < -0.3 is 4.57 Å². The van der Waals surface area contributed by atoms with Crippen LogP contribution < -0.4 is 15.9 Å². The molecule has 0 spiro atoms. The van der Waals surface area contributed by atoms with E-state index in [0.29, 0.717) is 5.82 Å². The maximum atomic E-state index is 15.8. The van der Waals surface area contributed by atoms with Gasteiger partial charge in [-0.25, -0.2) is 9.97 Å². The smallest absolute Gasteiger partial charge is 0.171 e. The van der Waals surface area contributed by atoms with E-state index in [0.717, 1.165) is 65.2 Å². The van der Waals surface area contributed by atoms with Crippen molar-refractivity contribution in [1.29, 1.82) is 0 Å². The Morgan fingerprint density at radius 2 is 0.929 bits per heavy atom. The molecule has 0 saturated carbocycles. The topological polar surface area (TPSA) is 42.9 Å². The first-order valence-electron chi connectivity index (χ1n) is 14.0. The maximum absolute atomic E-state index is 15.8. The summed E-state index contributed by atoms with van der Waals surface area (Å²) in [4.78, 5) is 10.1. The lowest BCUT2D eigenvalue weighted by molar-refractivity contribution is 0.592. The van der Waals surface area contributed by atoms with Crippen LogP contribution in [0, 0.1) is 0 Å². The third-order valence-electron chi connectivity index (χ3n) is 8.11. The average Bonchev–Trinajstić information content (AvgIpc) is 3.08. The van der Waals surface area contributed by atoms with Crippen LogP contribution in [0.1, 0.15) is 0 Å². The lowest BCUT2D eigenvalue weighted by Gasteiger charge is -2.24. The zero-order chi connectivity index (χ0) is 28.1. The summed E-state index contributed by atoms with van der Waals surface area (Å²) in [5, 5.41) is 6.56. The molecule has 198 valence electrons. The van der Waals surface area contributed by atoms with Crippen LogP contribution >= 0.6 is 7.14 Å². The van der Waals surface area contributed by atoms with E-state index in [-0.39, 0.29) is 0 Å². The Morgan fingerprint density at radius 1 is 0.452 bits per heavy atom. The zero-order valence-electron chi connectivity index (χ0n) is 22.7. The summed E-state index contributed by atoms with van der Waals surface area (Å²) >= 11 is 0. The molecule has 3 nitrogen and oxygen atoms in total. The van der Waals surface area contributed by atoms with Crippen LogP contribution in [0.2, 0.25) is 0 Å². The largest absolute Gasteiger partial charge is 0.309 e. The fourth-order valence-electron chi connectivity index (χ4n) is 6.17. The van der Waals surface area contributed by atoms with Crippen molar-refractivity contribution < 1.29 is 4.57 Å². The van der Waals surface area contributed by atoms with E-state index >= 15 is 4.57 Å². The molecule has 1 aromatic heterocycles. The van der Waals surface area contributed by atoms with Gasteiger partial charge in [-0.05, 0) is 40.1 Å². The number of aromatic nitrogens is 2. The molecule has 0 fully saturated rings. The van der Waals surface area contributed by atoms with Gasteiger partial charge in [0.1, 0.15) is 0 Å². The molecule has 0 saturated heterocycles. The molecule has 8 rings (SSSR count). The molecule has 0 atom stereocenters. The van der Waals surface area contributed by atoms with Crippen molar-refractivity contribution >= 4 is 55.6 Å². The van der Waals surface area contributed by atoms with Crippen LogP contribution in [0.4, 0.5) is 0 Å². The third kappa shape index (κ3) is 3.79. The molecule has 0 unspecified atom stereocenters. The minimum atomic E-state index is -3.28. The summed E-state index contributed by atoms with van der Waals surface area (Å²) in [6.07, 6.45) is 0. The minimum absolute atomic E-state index is 0.698. The average molecular weight is 557 g/mol. The maximum Gasteiger partial charge on any atom is 0.171 e. The Kier molecular flexibility index (Phi) is 5.73. The van der Waals surface area contributed by atoms with Crippen LogP contribution in [0.3, 0.4) is 0 Å².